The van der Waals surface area contributed by atoms with Crippen LogP contribution in [0.15, 0.2) is 0 Å². The SMILES string of the molecule is CC1(C)NC(=O)N(CCN2CC3CCC(O)C3C2)C1=O. The maximum absolute atomic E-state index is 12.1. The second-order valence-electron chi connectivity index (χ2n) is 6.84. The van der Waals surface area contributed by atoms with Crippen molar-refractivity contribution < 1.29 is 14.7 Å². The zero-order chi connectivity index (χ0) is 14.5. The molecule has 6 nitrogen and oxygen atoms in total. The number of aliphatic hydroxyl groups excluding tert-OH is 1. The zero-order valence-corrected chi connectivity index (χ0v) is 12.1. The summed E-state index contributed by atoms with van der Waals surface area (Å²) in [4.78, 5) is 27.4. The van der Waals surface area contributed by atoms with Crippen LogP contribution < -0.4 is 5.32 Å². The third-order valence-electron chi connectivity index (χ3n) is 4.98. The number of rotatable bonds is 3. The summed E-state index contributed by atoms with van der Waals surface area (Å²) in [5.41, 5.74) is -0.783. The molecule has 1 aliphatic carbocycles. The van der Waals surface area contributed by atoms with Crippen molar-refractivity contribution in [1.29, 1.82) is 0 Å². The molecule has 3 aliphatic rings. The van der Waals surface area contributed by atoms with Crippen LogP contribution in [0.4, 0.5) is 4.79 Å². The van der Waals surface area contributed by atoms with Crippen LogP contribution in [0.5, 0.6) is 0 Å². The molecule has 2 saturated heterocycles. The molecule has 3 rings (SSSR count). The van der Waals surface area contributed by atoms with Crippen molar-refractivity contribution in [1.82, 2.24) is 15.1 Å². The lowest BCUT2D eigenvalue weighted by atomic mass is 10.00. The average molecular weight is 281 g/mol. The highest BCUT2D eigenvalue weighted by Crippen LogP contribution is 2.37. The van der Waals surface area contributed by atoms with Crippen molar-refractivity contribution in [3.63, 3.8) is 0 Å². The smallest absolute Gasteiger partial charge is 0.325 e. The monoisotopic (exact) mass is 281 g/mol. The predicted octanol–water partition coefficient (Wildman–Crippen LogP) is 0.0195. The summed E-state index contributed by atoms with van der Waals surface area (Å²) < 4.78 is 0. The first kappa shape index (κ1) is 13.8. The van der Waals surface area contributed by atoms with Crippen LogP contribution in [-0.2, 0) is 4.79 Å². The maximum atomic E-state index is 12.1. The van der Waals surface area contributed by atoms with E-state index in [1.165, 1.54) is 4.90 Å². The Hall–Kier alpha value is -1.14. The van der Waals surface area contributed by atoms with E-state index in [1.54, 1.807) is 13.8 Å². The summed E-state index contributed by atoms with van der Waals surface area (Å²) in [5, 5.41) is 12.6. The van der Waals surface area contributed by atoms with E-state index in [1.807, 2.05) is 0 Å². The minimum absolute atomic E-state index is 0.151. The molecule has 2 N–H and O–H groups in total. The lowest BCUT2D eigenvalue weighted by Gasteiger charge is -2.21. The summed E-state index contributed by atoms with van der Waals surface area (Å²) in [6.45, 7) is 6.46. The van der Waals surface area contributed by atoms with Gasteiger partial charge in [0.25, 0.3) is 5.91 Å². The van der Waals surface area contributed by atoms with Gasteiger partial charge in [-0.3, -0.25) is 9.69 Å². The van der Waals surface area contributed by atoms with Gasteiger partial charge in [0.2, 0.25) is 0 Å². The molecule has 0 spiro atoms. The first-order valence-electron chi connectivity index (χ1n) is 7.43. The molecule has 0 aromatic heterocycles. The number of hydrogen-bond acceptors (Lipinski definition) is 4. The number of carbonyl (C=O) groups excluding carboxylic acids is 2. The van der Waals surface area contributed by atoms with Gasteiger partial charge in [-0.15, -0.1) is 0 Å². The molecule has 3 atom stereocenters. The molecule has 6 heteroatoms. The Labute approximate surface area is 119 Å². The van der Waals surface area contributed by atoms with Gasteiger partial charge in [-0.1, -0.05) is 0 Å². The molecular formula is C14H23N3O3. The van der Waals surface area contributed by atoms with Gasteiger partial charge in [0.15, 0.2) is 0 Å². The standard InChI is InChI=1S/C14H23N3O3/c1-14(2)12(19)17(13(20)15-14)6-5-16-7-9-3-4-11(18)10(9)8-16/h9-11,18H,3-8H2,1-2H3,(H,15,20). The van der Waals surface area contributed by atoms with Crippen molar-refractivity contribution >= 4 is 11.9 Å². The van der Waals surface area contributed by atoms with Gasteiger partial charge in [0, 0.05) is 32.1 Å². The van der Waals surface area contributed by atoms with Crippen LogP contribution >= 0.6 is 0 Å². The predicted molar refractivity (Wildman–Crippen MR) is 73.0 cm³/mol. The number of urea groups is 1. The maximum Gasteiger partial charge on any atom is 0.325 e. The summed E-state index contributed by atoms with van der Waals surface area (Å²) >= 11 is 0. The molecule has 0 radical (unpaired) electrons. The van der Waals surface area contributed by atoms with Gasteiger partial charge >= 0.3 is 6.03 Å². The Morgan fingerprint density at radius 2 is 2.00 bits per heavy atom. The lowest BCUT2D eigenvalue weighted by molar-refractivity contribution is -0.130. The first-order valence-corrected chi connectivity index (χ1v) is 7.43. The topological polar surface area (TPSA) is 72.9 Å². The highest BCUT2D eigenvalue weighted by Gasteiger charge is 2.45. The molecular weight excluding hydrogens is 258 g/mol. The molecule has 3 fully saturated rings. The summed E-state index contributed by atoms with van der Waals surface area (Å²) in [7, 11) is 0. The van der Waals surface area contributed by atoms with E-state index in [0.29, 0.717) is 24.9 Å². The molecule has 2 aliphatic heterocycles. The summed E-state index contributed by atoms with van der Waals surface area (Å²) in [5.74, 6) is 0.820. The minimum Gasteiger partial charge on any atom is -0.393 e. The Kier molecular flexibility index (Phi) is 3.25. The van der Waals surface area contributed by atoms with Crippen LogP contribution in [0.2, 0.25) is 0 Å². The van der Waals surface area contributed by atoms with Crippen LogP contribution in [0.3, 0.4) is 0 Å². The molecule has 0 bridgehead atoms. The van der Waals surface area contributed by atoms with Gasteiger partial charge < -0.3 is 15.3 Å². The summed E-state index contributed by atoms with van der Waals surface area (Å²) in [6.07, 6.45) is 1.85. The Bertz CT molecular complexity index is 437. The Morgan fingerprint density at radius 3 is 2.60 bits per heavy atom. The normalized spacial score (nSPS) is 36.5. The fourth-order valence-electron chi connectivity index (χ4n) is 3.77. The molecule has 0 aromatic carbocycles. The number of fused-ring (bicyclic) bond motifs is 1. The number of nitrogens with one attached hydrogen (secondary N) is 1. The average Bonchev–Trinajstić information content (AvgIpc) is 2.96. The van der Waals surface area contributed by atoms with E-state index in [-0.39, 0.29) is 18.0 Å². The molecule has 3 amide bonds. The number of aliphatic hydroxyl groups is 1. The van der Waals surface area contributed by atoms with Crippen LogP contribution in [0.25, 0.3) is 0 Å². The Balaban J connectivity index is 1.54. The van der Waals surface area contributed by atoms with Gasteiger partial charge in [0.05, 0.1) is 6.10 Å². The minimum atomic E-state index is -0.783. The van der Waals surface area contributed by atoms with E-state index in [0.717, 1.165) is 25.9 Å². The molecule has 20 heavy (non-hydrogen) atoms. The van der Waals surface area contributed by atoms with E-state index >= 15 is 0 Å². The van der Waals surface area contributed by atoms with E-state index in [2.05, 4.69) is 10.2 Å². The van der Waals surface area contributed by atoms with Gasteiger partial charge in [-0.2, -0.15) is 0 Å². The highest BCUT2D eigenvalue weighted by molar-refractivity contribution is 6.06. The Morgan fingerprint density at radius 1 is 1.25 bits per heavy atom. The number of imide groups is 1. The van der Waals surface area contributed by atoms with Crippen LogP contribution in [0.1, 0.15) is 26.7 Å². The van der Waals surface area contributed by atoms with Gasteiger partial charge in [-0.05, 0) is 32.6 Å². The van der Waals surface area contributed by atoms with Crippen LogP contribution in [0, 0.1) is 11.8 Å². The molecule has 0 aromatic rings. The molecule has 2 heterocycles. The van der Waals surface area contributed by atoms with Crippen molar-refractivity contribution in [3.8, 4) is 0 Å². The van der Waals surface area contributed by atoms with Gasteiger partial charge in [0.1, 0.15) is 5.54 Å². The third kappa shape index (κ3) is 2.20. The third-order valence-corrected chi connectivity index (χ3v) is 4.98. The van der Waals surface area contributed by atoms with Gasteiger partial charge in [-0.25, -0.2) is 4.79 Å². The molecule has 3 unspecified atom stereocenters. The lowest BCUT2D eigenvalue weighted by Crippen LogP contribution is -2.41. The first-order chi connectivity index (χ1) is 9.38. The van der Waals surface area contributed by atoms with Crippen molar-refractivity contribution in [3.05, 3.63) is 0 Å². The molecule has 112 valence electrons. The highest BCUT2D eigenvalue weighted by atomic mass is 16.3. The van der Waals surface area contributed by atoms with Crippen LogP contribution in [-0.4, -0.2) is 64.7 Å². The van der Waals surface area contributed by atoms with Crippen molar-refractivity contribution in [2.75, 3.05) is 26.2 Å². The number of nitrogens with zero attached hydrogens (tertiary/aromatic N) is 2. The zero-order valence-electron chi connectivity index (χ0n) is 12.1. The number of amides is 3. The quantitative estimate of drug-likeness (QED) is 0.715. The number of hydrogen-bond donors (Lipinski definition) is 2. The number of likely N-dealkylation sites (tertiary alicyclic amines) is 1. The largest absolute Gasteiger partial charge is 0.393 e. The fraction of sp³-hybridized carbons (Fsp3) is 0.857. The van der Waals surface area contributed by atoms with Crippen molar-refractivity contribution in [2.24, 2.45) is 11.8 Å². The second-order valence-corrected chi connectivity index (χ2v) is 6.84. The van der Waals surface area contributed by atoms with E-state index in [9.17, 15) is 14.7 Å². The molecule has 1 saturated carbocycles. The summed E-state index contributed by atoms with van der Waals surface area (Å²) in [6, 6.07) is -0.292. The van der Waals surface area contributed by atoms with Crippen molar-refractivity contribution in [2.45, 2.75) is 38.3 Å². The second kappa shape index (κ2) is 4.70. The number of carbonyl (C=O) groups is 2. The van der Waals surface area contributed by atoms with E-state index in [4.69, 9.17) is 0 Å². The van der Waals surface area contributed by atoms with E-state index < -0.39 is 5.54 Å². The fourth-order valence-corrected chi connectivity index (χ4v) is 3.77.